The van der Waals surface area contributed by atoms with Crippen molar-refractivity contribution in [3.05, 3.63) is 30.1 Å². The third-order valence-corrected chi connectivity index (χ3v) is 5.79. The molecule has 0 spiro atoms. The predicted octanol–water partition coefficient (Wildman–Crippen LogP) is 3.12. The minimum Gasteiger partial charge on any atom is -0.444 e. The lowest BCUT2D eigenvalue weighted by Gasteiger charge is -2.31. The van der Waals surface area contributed by atoms with E-state index in [2.05, 4.69) is 16.8 Å². The monoisotopic (exact) mass is 451 g/mol. The quantitative estimate of drug-likeness (QED) is 0.622. The number of nitrogens with zero attached hydrogens (tertiary/aromatic N) is 5. The Morgan fingerprint density at radius 3 is 2.61 bits per heavy atom. The van der Waals surface area contributed by atoms with Crippen molar-refractivity contribution >= 4 is 29.5 Å². The van der Waals surface area contributed by atoms with Gasteiger partial charge in [0.25, 0.3) is 0 Å². The van der Waals surface area contributed by atoms with E-state index in [-0.39, 0.29) is 30.4 Å². The number of anilines is 1. The molecule has 2 aromatic rings. The summed E-state index contributed by atoms with van der Waals surface area (Å²) in [6, 6.07) is 3.42. The molecule has 2 aromatic heterocycles. The highest BCUT2D eigenvalue weighted by atomic mass is 16.6. The maximum absolute atomic E-state index is 12.6. The molecule has 4 rings (SSSR count). The molecule has 0 aromatic carbocycles. The maximum atomic E-state index is 12.6. The number of aromatic nitrogens is 2. The molecule has 4 heterocycles. The second-order valence-corrected chi connectivity index (χ2v) is 9.38. The fourth-order valence-electron chi connectivity index (χ4n) is 3.98. The Morgan fingerprint density at radius 2 is 1.91 bits per heavy atom. The maximum Gasteiger partial charge on any atom is 0.410 e. The number of amides is 4. The van der Waals surface area contributed by atoms with Crippen LogP contribution >= 0.6 is 0 Å². The van der Waals surface area contributed by atoms with Crippen LogP contribution in [0.5, 0.6) is 0 Å². The Morgan fingerprint density at radius 1 is 1.18 bits per heavy atom. The second kappa shape index (κ2) is 8.77. The average molecular weight is 452 g/mol. The van der Waals surface area contributed by atoms with Crippen molar-refractivity contribution in [1.29, 1.82) is 0 Å². The summed E-state index contributed by atoms with van der Waals surface area (Å²) >= 11 is 0. The van der Waals surface area contributed by atoms with Gasteiger partial charge < -0.3 is 9.64 Å². The zero-order valence-corrected chi connectivity index (χ0v) is 19.5. The zero-order chi connectivity index (χ0) is 23.8. The van der Waals surface area contributed by atoms with Crippen LogP contribution < -0.4 is 4.90 Å². The molecule has 33 heavy (non-hydrogen) atoms. The SMILES string of the molecule is CN1C(=O)CCN(c2cnc3c(C#CC4CCN(C(=O)OC(C)(C)C)CC4)cccn23)C1=O. The first-order valence-electron chi connectivity index (χ1n) is 11.2. The van der Waals surface area contributed by atoms with Crippen LogP contribution in [-0.2, 0) is 9.53 Å². The van der Waals surface area contributed by atoms with Crippen LogP contribution in [0.2, 0.25) is 0 Å². The lowest BCUT2D eigenvalue weighted by Crippen LogP contribution is -2.50. The molecule has 2 aliphatic heterocycles. The number of imidazole rings is 1. The summed E-state index contributed by atoms with van der Waals surface area (Å²) in [6.45, 7) is 7.16. The van der Waals surface area contributed by atoms with Crippen LogP contribution in [0.3, 0.4) is 0 Å². The number of hydrogen-bond acceptors (Lipinski definition) is 5. The Labute approximate surface area is 193 Å². The zero-order valence-electron chi connectivity index (χ0n) is 19.5. The molecule has 174 valence electrons. The Kier molecular flexibility index (Phi) is 6.02. The number of carbonyl (C=O) groups excluding carboxylic acids is 3. The van der Waals surface area contributed by atoms with Crippen LogP contribution in [0.1, 0.15) is 45.6 Å². The normalized spacial score (nSPS) is 17.9. The van der Waals surface area contributed by atoms with E-state index < -0.39 is 5.60 Å². The molecular formula is C24H29N5O4. The van der Waals surface area contributed by atoms with Gasteiger partial charge >= 0.3 is 12.1 Å². The van der Waals surface area contributed by atoms with Crippen molar-refractivity contribution in [2.45, 2.75) is 45.6 Å². The summed E-state index contributed by atoms with van der Waals surface area (Å²) in [5.74, 6) is 7.19. The van der Waals surface area contributed by atoms with Gasteiger partial charge in [-0.1, -0.05) is 11.8 Å². The Balaban J connectivity index is 1.47. The molecule has 0 unspecified atom stereocenters. The van der Waals surface area contributed by atoms with Gasteiger partial charge in [0.05, 0.1) is 11.8 Å². The van der Waals surface area contributed by atoms with Gasteiger partial charge in [-0.15, -0.1) is 0 Å². The number of piperidine rings is 1. The Bertz CT molecular complexity index is 1150. The third kappa shape index (κ3) is 4.80. The molecule has 0 bridgehead atoms. The number of hydrogen-bond donors (Lipinski definition) is 0. The number of fused-ring (bicyclic) bond motifs is 1. The van der Waals surface area contributed by atoms with Gasteiger partial charge in [0.1, 0.15) is 11.4 Å². The molecular weight excluding hydrogens is 422 g/mol. The number of likely N-dealkylation sites (tertiary alicyclic amines) is 1. The second-order valence-electron chi connectivity index (χ2n) is 9.38. The number of rotatable bonds is 1. The Hall–Kier alpha value is -3.54. The van der Waals surface area contributed by atoms with Crippen molar-refractivity contribution in [3.8, 4) is 11.8 Å². The van der Waals surface area contributed by atoms with E-state index in [1.54, 1.807) is 16.0 Å². The predicted molar refractivity (Wildman–Crippen MR) is 123 cm³/mol. The van der Waals surface area contributed by atoms with Crippen molar-refractivity contribution in [1.82, 2.24) is 19.2 Å². The minimum absolute atomic E-state index is 0.182. The highest BCUT2D eigenvalue weighted by Crippen LogP contribution is 2.24. The van der Waals surface area contributed by atoms with Crippen molar-refractivity contribution in [2.24, 2.45) is 5.92 Å². The number of imide groups is 1. The molecule has 2 saturated heterocycles. The topological polar surface area (TPSA) is 87.5 Å². The van der Waals surface area contributed by atoms with E-state index in [1.165, 1.54) is 7.05 Å². The van der Waals surface area contributed by atoms with Gasteiger partial charge in [-0.05, 0) is 45.7 Å². The van der Waals surface area contributed by atoms with Crippen LogP contribution in [0, 0.1) is 17.8 Å². The standard InChI is InChI=1S/C24H29N5O4/c1-24(2,3)33-23(32)27-13-9-17(10-14-27)7-8-18-6-5-12-28-19(16-25-21(18)28)29-15-11-20(30)26(4)22(29)31/h5-6,12,16-17H,9-11,13-15H2,1-4H3. The fraction of sp³-hybridized carbons (Fsp3) is 0.500. The van der Waals surface area contributed by atoms with E-state index in [9.17, 15) is 14.4 Å². The summed E-state index contributed by atoms with van der Waals surface area (Å²) in [5, 5.41) is 0. The average Bonchev–Trinajstić information content (AvgIpc) is 3.20. The van der Waals surface area contributed by atoms with Gasteiger partial charge in [0.2, 0.25) is 5.91 Å². The van der Waals surface area contributed by atoms with Gasteiger partial charge in [0.15, 0.2) is 5.65 Å². The van der Waals surface area contributed by atoms with E-state index in [1.807, 2.05) is 43.5 Å². The summed E-state index contributed by atoms with van der Waals surface area (Å²) in [4.78, 5) is 45.6. The molecule has 0 aliphatic carbocycles. The van der Waals surface area contributed by atoms with Crippen molar-refractivity contribution in [2.75, 3.05) is 31.6 Å². The largest absolute Gasteiger partial charge is 0.444 e. The fourth-order valence-corrected chi connectivity index (χ4v) is 3.98. The van der Waals surface area contributed by atoms with E-state index in [0.717, 1.165) is 23.3 Å². The van der Waals surface area contributed by atoms with Gasteiger partial charge in [-0.3, -0.25) is 19.0 Å². The van der Waals surface area contributed by atoms with Crippen molar-refractivity contribution in [3.63, 3.8) is 0 Å². The van der Waals surface area contributed by atoms with Gasteiger partial charge in [-0.25, -0.2) is 14.6 Å². The summed E-state index contributed by atoms with van der Waals surface area (Å²) in [7, 11) is 1.49. The molecule has 9 heteroatoms. The lowest BCUT2D eigenvalue weighted by atomic mass is 9.97. The molecule has 0 N–H and O–H groups in total. The first-order valence-corrected chi connectivity index (χ1v) is 11.2. The van der Waals surface area contributed by atoms with E-state index >= 15 is 0 Å². The molecule has 0 saturated carbocycles. The number of urea groups is 1. The van der Waals surface area contributed by atoms with Gasteiger partial charge in [-0.2, -0.15) is 0 Å². The highest BCUT2D eigenvalue weighted by molar-refractivity contribution is 6.05. The molecule has 2 fully saturated rings. The molecule has 9 nitrogen and oxygen atoms in total. The molecule has 4 amide bonds. The number of ether oxygens (including phenoxy) is 1. The molecule has 0 atom stereocenters. The van der Waals surface area contributed by atoms with E-state index in [4.69, 9.17) is 4.74 Å². The van der Waals surface area contributed by atoms with Gasteiger partial charge in [0, 0.05) is 45.2 Å². The smallest absolute Gasteiger partial charge is 0.410 e. The number of carbonyl (C=O) groups is 3. The van der Waals surface area contributed by atoms with Crippen LogP contribution in [0.25, 0.3) is 5.65 Å². The molecule has 2 aliphatic rings. The minimum atomic E-state index is -0.501. The first-order chi connectivity index (χ1) is 15.6. The first kappa shape index (κ1) is 22.6. The van der Waals surface area contributed by atoms with E-state index in [0.29, 0.717) is 31.1 Å². The third-order valence-electron chi connectivity index (χ3n) is 5.79. The molecule has 0 radical (unpaired) electrons. The number of pyridine rings is 1. The highest BCUT2D eigenvalue weighted by Gasteiger charge is 2.31. The summed E-state index contributed by atoms with van der Waals surface area (Å²) < 4.78 is 7.28. The van der Waals surface area contributed by atoms with Crippen molar-refractivity contribution < 1.29 is 19.1 Å². The van der Waals surface area contributed by atoms with Crippen LogP contribution in [-0.4, -0.2) is 69.5 Å². The summed E-state index contributed by atoms with van der Waals surface area (Å²) in [5.41, 5.74) is 0.935. The van der Waals surface area contributed by atoms with Crippen LogP contribution in [0.15, 0.2) is 24.5 Å². The summed E-state index contributed by atoms with van der Waals surface area (Å²) in [6.07, 6.45) is 5.06. The lowest BCUT2D eigenvalue weighted by molar-refractivity contribution is -0.127. The van der Waals surface area contributed by atoms with Crippen LogP contribution in [0.4, 0.5) is 15.4 Å².